The van der Waals surface area contributed by atoms with Crippen LogP contribution in [0.2, 0.25) is 5.02 Å². The van der Waals surface area contributed by atoms with E-state index < -0.39 is 38.5 Å². The molecule has 0 bridgehead atoms. The molecule has 11 heteroatoms. The van der Waals surface area contributed by atoms with Gasteiger partial charge >= 0.3 is 0 Å². The molecule has 0 spiro atoms. The van der Waals surface area contributed by atoms with E-state index in [9.17, 15) is 22.0 Å². The maximum atomic E-state index is 14.2. The zero-order valence-corrected chi connectivity index (χ0v) is 18.2. The summed E-state index contributed by atoms with van der Waals surface area (Å²) in [6, 6.07) is 9.53. The number of benzene rings is 2. The van der Waals surface area contributed by atoms with E-state index in [0.717, 1.165) is 16.4 Å². The Kier molecular flexibility index (Phi) is 6.27. The number of hydrogen-bond donors (Lipinski definition) is 1. The van der Waals surface area contributed by atoms with Crippen LogP contribution in [0.1, 0.15) is 41.6 Å². The van der Waals surface area contributed by atoms with Crippen LogP contribution >= 0.6 is 11.6 Å². The van der Waals surface area contributed by atoms with Gasteiger partial charge in [0.1, 0.15) is 16.5 Å². The number of sulfonamides is 1. The number of nitrogens with zero attached hydrogens (tertiary/aromatic N) is 2. The first-order valence-corrected chi connectivity index (χ1v) is 11.6. The van der Waals surface area contributed by atoms with E-state index in [-0.39, 0.29) is 18.0 Å². The second-order valence-corrected chi connectivity index (χ2v) is 9.52. The fourth-order valence-corrected chi connectivity index (χ4v) is 5.48. The van der Waals surface area contributed by atoms with Gasteiger partial charge in [-0.05, 0) is 37.1 Å². The molecule has 1 aliphatic heterocycles. The van der Waals surface area contributed by atoms with Crippen molar-refractivity contribution in [1.82, 2.24) is 9.46 Å². The standard InChI is InChI=1S/C21H18ClF2N3O4S/c22-14-5-1-2-6-16(14)25-21(28)17-12-19(31-26-17)18-7-3-4-10-27(18)32(29,30)20-9-8-13(23)11-15(20)24/h1-2,5-6,8-9,11-12,18H,3-4,7,10H2,(H,25,28). The zero-order valence-electron chi connectivity index (χ0n) is 16.6. The summed E-state index contributed by atoms with van der Waals surface area (Å²) in [5, 5.41) is 6.72. The largest absolute Gasteiger partial charge is 0.359 e. The molecule has 1 fully saturated rings. The highest BCUT2D eigenvalue weighted by Gasteiger charge is 2.38. The first-order valence-electron chi connectivity index (χ1n) is 9.77. The van der Waals surface area contributed by atoms with Gasteiger partial charge in [0.25, 0.3) is 5.91 Å². The number of hydrogen-bond acceptors (Lipinski definition) is 5. The third-order valence-corrected chi connectivity index (χ3v) is 7.42. The Hall–Kier alpha value is -2.82. The summed E-state index contributed by atoms with van der Waals surface area (Å²) in [7, 11) is -4.29. The van der Waals surface area contributed by atoms with Crippen molar-refractivity contribution >= 4 is 33.2 Å². The van der Waals surface area contributed by atoms with Crippen molar-refractivity contribution in [3.8, 4) is 0 Å². The predicted molar refractivity (Wildman–Crippen MR) is 113 cm³/mol. The molecule has 1 aromatic heterocycles. The summed E-state index contributed by atoms with van der Waals surface area (Å²) in [6.45, 7) is 0.117. The molecule has 1 unspecified atom stereocenters. The molecule has 2 aromatic carbocycles. The molecule has 7 nitrogen and oxygen atoms in total. The Morgan fingerprint density at radius 3 is 2.69 bits per heavy atom. The van der Waals surface area contributed by atoms with Gasteiger partial charge in [0.05, 0.1) is 16.8 Å². The number of halogens is 3. The summed E-state index contributed by atoms with van der Waals surface area (Å²) in [6.07, 6.45) is 1.65. The second-order valence-electron chi connectivity index (χ2n) is 7.25. The highest BCUT2D eigenvalue weighted by atomic mass is 35.5. The quantitative estimate of drug-likeness (QED) is 0.566. The average Bonchev–Trinajstić information content (AvgIpc) is 3.25. The molecule has 32 heavy (non-hydrogen) atoms. The monoisotopic (exact) mass is 481 g/mol. The molecule has 2 heterocycles. The molecule has 1 atom stereocenters. The van der Waals surface area contributed by atoms with Crippen LogP contribution in [0.3, 0.4) is 0 Å². The molecular weight excluding hydrogens is 464 g/mol. The van der Waals surface area contributed by atoms with Gasteiger partial charge in [0, 0.05) is 18.7 Å². The smallest absolute Gasteiger partial charge is 0.277 e. The fraction of sp³-hybridized carbons (Fsp3) is 0.238. The molecule has 3 aromatic rings. The Balaban J connectivity index is 1.60. The molecule has 0 radical (unpaired) electrons. The second kappa shape index (κ2) is 8.97. The van der Waals surface area contributed by atoms with E-state index in [1.807, 2.05) is 0 Å². The lowest BCUT2D eigenvalue weighted by molar-refractivity contribution is 0.101. The normalized spacial score (nSPS) is 17.3. The van der Waals surface area contributed by atoms with Crippen LogP contribution < -0.4 is 5.32 Å². The van der Waals surface area contributed by atoms with Gasteiger partial charge in [-0.3, -0.25) is 4.79 Å². The van der Waals surface area contributed by atoms with E-state index in [1.54, 1.807) is 24.3 Å². The van der Waals surface area contributed by atoms with Crippen LogP contribution in [0.4, 0.5) is 14.5 Å². The molecule has 1 amide bonds. The van der Waals surface area contributed by atoms with Gasteiger partial charge in [0.15, 0.2) is 11.5 Å². The van der Waals surface area contributed by atoms with Crippen LogP contribution in [0.25, 0.3) is 0 Å². The van der Waals surface area contributed by atoms with Gasteiger partial charge < -0.3 is 9.84 Å². The Morgan fingerprint density at radius 1 is 1.16 bits per heavy atom. The van der Waals surface area contributed by atoms with Gasteiger partial charge in [-0.25, -0.2) is 17.2 Å². The van der Waals surface area contributed by atoms with Gasteiger partial charge in [-0.2, -0.15) is 4.31 Å². The number of anilines is 1. The minimum atomic E-state index is -4.29. The van der Waals surface area contributed by atoms with Crippen molar-refractivity contribution in [2.24, 2.45) is 0 Å². The molecule has 1 N–H and O–H groups in total. The van der Waals surface area contributed by atoms with Crippen LogP contribution in [-0.2, 0) is 10.0 Å². The average molecular weight is 482 g/mol. The maximum absolute atomic E-state index is 14.2. The summed E-state index contributed by atoms with van der Waals surface area (Å²) in [5.74, 6) is -2.48. The third-order valence-electron chi connectivity index (χ3n) is 5.15. The number of carbonyl (C=O) groups is 1. The number of amides is 1. The predicted octanol–water partition coefficient (Wildman–Crippen LogP) is 4.77. The highest BCUT2D eigenvalue weighted by Crippen LogP contribution is 2.36. The zero-order chi connectivity index (χ0) is 22.9. The van der Waals surface area contributed by atoms with Crippen LogP contribution in [0.15, 0.2) is 57.9 Å². The third kappa shape index (κ3) is 4.38. The van der Waals surface area contributed by atoms with Crippen molar-refractivity contribution in [3.63, 3.8) is 0 Å². The van der Waals surface area contributed by atoms with Crippen molar-refractivity contribution in [2.75, 3.05) is 11.9 Å². The lowest BCUT2D eigenvalue weighted by atomic mass is 10.0. The summed E-state index contributed by atoms with van der Waals surface area (Å²) < 4.78 is 60.2. The van der Waals surface area contributed by atoms with Crippen LogP contribution in [0.5, 0.6) is 0 Å². The van der Waals surface area contributed by atoms with Crippen LogP contribution in [-0.4, -0.2) is 30.3 Å². The highest BCUT2D eigenvalue weighted by molar-refractivity contribution is 7.89. The van der Waals surface area contributed by atoms with Gasteiger partial charge in [-0.1, -0.05) is 35.3 Å². The molecule has 168 valence electrons. The van der Waals surface area contributed by atoms with Gasteiger partial charge in [-0.15, -0.1) is 0 Å². The molecule has 1 aliphatic rings. The summed E-state index contributed by atoms with van der Waals surface area (Å²) in [5.41, 5.74) is 0.327. The molecule has 0 aliphatic carbocycles. The molecule has 1 saturated heterocycles. The number of nitrogens with one attached hydrogen (secondary N) is 1. The van der Waals surface area contributed by atoms with E-state index in [2.05, 4.69) is 10.5 Å². The van der Waals surface area contributed by atoms with Crippen molar-refractivity contribution in [3.05, 3.63) is 76.6 Å². The molecule has 0 saturated carbocycles. The van der Waals surface area contributed by atoms with E-state index in [1.165, 1.54) is 6.07 Å². The van der Waals surface area contributed by atoms with Crippen molar-refractivity contribution in [2.45, 2.75) is 30.2 Å². The number of para-hydroxylation sites is 1. The fourth-order valence-electron chi connectivity index (χ4n) is 3.59. The SMILES string of the molecule is O=C(Nc1ccccc1Cl)c1cc(C2CCCCN2S(=O)(=O)c2ccc(F)cc2F)on1. The maximum Gasteiger partial charge on any atom is 0.277 e. The summed E-state index contributed by atoms with van der Waals surface area (Å²) in [4.78, 5) is 11.9. The number of carbonyl (C=O) groups excluding carboxylic acids is 1. The number of aromatic nitrogens is 1. The van der Waals surface area contributed by atoms with E-state index in [4.69, 9.17) is 16.1 Å². The van der Waals surface area contributed by atoms with Crippen molar-refractivity contribution in [1.29, 1.82) is 0 Å². The Morgan fingerprint density at radius 2 is 1.94 bits per heavy atom. The van der Waals surface area contributed by atoms with Crippen molar-refractivity contribution < 1.29 is 26.5 Å². The minimum Gasteiger partial charge on any atom is -0.359 e. The minimum absolute atomic E-state index is 0.0594. The first kappa shape index (κ1) is 22.4. The Bertz CT molecular complexity index is 1270. The molecule has 4 rings (SSSR count). The topological polar surface area (TPSA) is 92.5 Å². The van der Waals surface area contributed by atoms with Gasteiger partial charge in [0.2, 0.25) is 10.0 Å². The summed E-state index contributed by atoms with van der Waals surface area (Å²) >= 11 is 6.05. The van der Waals surface area contributed by atoms with E-state index in [0.29, 0.717) is 36.0 Å². The lowest BCUT2D eigenvalue weighted by Gasteiger charge is -2.33. The number of piperidine rings is 1. The molecular formula is C21H18ClF2N3O4S. The van der Waals surface area contributed by atoms with E-state index >= 15 is 0 Å². The first-order chi connectivity index (χ1) is 15.3. The Labute approximate surface area is 188 Å². The van der Waals surface area contributed by atoms with Crippen LogP contribution in [0, 0.1) is 11.6 Å². The lowest BCUT2D eigenvalue weighted by Crippen LogP contribution is -2.38. The number of rotatable bonds is 5.